The van der Waals surface area contributed by atoms with Crippen LogP contribution in [0.4, 0.5) is 0 Å². The zero-order valence-corrected chi connectivity index (χ0v) is 8.94. The maximum absolute atomic E-state index is 9.72. The van der Waals surface area contributed by atoms with Gasteiger partial charge in [-0.15, -0.1) is 0 Å². The molecular weight excluding hydrogens is 224 g/mol. The summed E-state index contributed by atoms with van der Waals surface area (Å²) in [4.78, 5) is 8.74. The Balaban J connectivity index is 2.51. The number of phenols is 1. The van der Waals surface area contributed by atoms with Crippen molar-refractivity contribution >= 4 is 33.7 Å². The van der Waals surface area contributed by atoms with E-state index in [1.807, 2.05) is 24.3 Å². The van der Waals surface area contributed by atoms with E-state index in [9.17, 15) is 5.11 Å². The molecule has 0 aliphatic carbocycles. The minimum atomic E-state index is 0.0563. The molecule has 1 heterocycles. The number of halogens is 1. The molecule has 0 aliphatic rings. The van der Waals surface area contributed by atoms with Crippen molar-refractivity contribution in [2.45, 2.75) is 0 Å². The number of benzene rings is 2. The maximum Gasteiger partial charge on any atom is 0.144 e. The molecule has 78 valence electrons. The first-order valence-electron chi connectivity index (χ1n) is 4.79. The van der Waals surface area contributed by atoms with Crippen LogP contribution in [0, 0.1) is 0 Å². The molecule has 0 aliphatic heterocycles. The second-order valence-electron chi connectivity index (χ2n) is 3.50. The van der Waals surface area contributed by atoms with Crippen molar-refractivity contribution in [3.8, 4) is 5.75 Å². The van der Waals surface area contributed by atoms with Gasteiger partial charge in [0.25, 0.3) is 0 Å². The molecule has 2 aromatic carbocycles. The summed E-state index contributed by atoms with van der Waals surface area (Å²) >= 11 is 5.85. The molecule has 0 spiro atoms. The van der Waals surface area contributed by atoms with Gasteiger partial charge in [0.15, 0.2) is 0 Å². The molecule has 0 bridgehead atoms. The van der Waals surface area contributed by atoms with Crippen LogP contribution in [-0.2, 0) is 0 Å². The Morgan fingerprint density at radius 2 is 1.62 bits per heavy atom. The van der Waals surface area contributed by atoms with Crippen molar-refractivity contribution in [1.82, 2.24) is 9.97 Å². The fourth-order valence-electron chi connectivity index (χ4n) is 1.67. The number of aromatic hydroxyl groups is 1. The molecule has 0 fully saturated rings. The molecule has 0 saturated heterocycles. The van der Waals surface area contributed by atoms with Gasteiger partial charge in [-0.1, -0.05) is 23.7 Å². The fraction of sp³-hybridized carbons (Fsp3) is 0. The van der Waals surface area contributed by atoms with Crippen LogP contribution < -0.4 is 0 Å². The molecule has 3 aromatic rings. The molecule has 0 amide bonds. The lowest BCUT2D eigenvalue weighted by atomic mass is 10.2. The third-order valence-electron chi connectivity index (χ3n) is 2.39. The van der Waals surface area contributed by atoms with Crippen LogP contribution in [0.1, 0.15) is 0 Å². The second kappa shape index (κ2) is 3.32. The SMILES string of the molecule is Oc1cc(Cl)cc2nc3ccccc3nc12. The lowest BCUT2D eigenvalue weighted by molar-refractivity contribution is 0.480. The Hall–Kier alpha value is -1.87. The molecule has 0 atom stereocenters. The van der Waals surface area contributed by atoms with Crippen molar-refractivity contribution in [2.24, 2.45) is 0 Å². The molecule has 0 radical (unpaired) electrons. The predicted octanol–water partition coefficient (Wildman–Crippen LogP) is 3.14. The second-order valence-corrected chi connectivity index (χ2v) is 3.94. The lowest BCUT2D eigenvalue weighted by Crippen LogP contribution is -1.87. The van der Waals surface area contributed by atoms with Crippen molar-refractivity contribution in [3.63, 3.8) is 0 Å². The van der Waals surface area contributed by atoms with Gasteiger partial charge in [0.05, 0.1) is 16.6 Å². The van der Waals surface area contributed by atoms with Crippen LogP contribution >= 0.6 is 11.6 Å². The van der Waals surface area contributed by atoms with Crippen LogP contribution in [-0.4, -0.2) is 15.1 Å². The number of rotatable bonds is 0. The average Bonchev–Trinajstić information content (AvgIpc) is 2.27. The molecule has 0 unspecified atom stereocenters. The molecule has 3 nitrogen and oxygen atoms in total. The summed E-state index contributed by atoms with van der Waals surface area (Å²) in [7, 11) is 0. The van der Waals surface area contributed by atoms with Crippen molar-refractivity contribution in [2.75, 3.05) is 0 Å². The smallest absolute Gasteiger partial charge is 0.144 e. The summed E-state index contributed by atoms with van der Waals surface area (Å²) in [6.45, 7) is 0. The molecule has 16 heavy (non-hydrogen) atoms. The van der Waals surface area contributed by atoms with Gasteiger partial charge in [-0.25, -0.2) is 9.97 Å². The summed E-state index contributed by atoms with van der Waals surface area (Å²) < 4.78 is 0. The number of nitrogens with zero attached hydrogens (tertiary/aromatic N) is 2. The zero-order valence-electron chi connectivity index (χ0n) is 8.18. The van der Waals surface area contributed by atoms with Crippen LogP contribution in [0.15, 0.2) is 36.4 Å². The number of fused-ring (bicyclic) bond motifs is 2. The van der Waals surface area contributed by atoms with Gasteiger partial charge < -0.3 is 5.11 Å². The third kappa shape index (κ3) is 1.37. The molecular formula is C12H7ClN2O. The van der Waals surface area contributed by atoms with Gasteiger partial charge in [0.2, 0.25) is 0 Å². The Bertz CT molecular complexity index is 697. The predicted molar refractivity (Wildman–Crippen MR) is 63.7 cm³/mol. The summed E-state index contributed by atoms with van der Waals surface area (Å²) in [5.74, 6) is 0.0563. The van der Waals surface area contributed by atoms with E-state index in [-0.39, 0.29) is 5.75 Å². The van der Waals surface area contributed by atoms with Gasteiger partial charge in [-0.3, -0.25) is 0 Å². The van der Waals surface area contributed by atoms with E-state index in [4.69, 9.17) is 11.6 Å². The Kier molecular flexibility index (Phi) is 1.94. The first-order valence-corrected chi connectivity index (χ1v) is 5.17. The van der Waals surface area contributed by atoms with Crippen LogP contribution in [0.2, 0.25) is 5.02 Å². The number of phenolic OH excluding ortho intramolecular Hbond substituents is 1. The molecule has 3 rings (SSSR count). The highest BCUT2D eigenvalue weighted by Gasteiger charge is 2.06. The minimum Gasteiger partial charge on any atom is -0.506 e. The van der Waals surface area contributed by atoms with Crippen molar-refractivity contribution in [3.05, 3.63) is 41.4 Å². The minimum absolute atomic E-state index is 0.0563. The normalized spacial score (nSPS) is 11.1. The van der Waals surface area contributed by atoms with E-state index in [2.05, 4.69) is 9.97 Å². The van der Waals surface area contributed by atoms with Crippen LogP contribution in [0.3, 0.4) is 0 Å². The summed E-state index contributed by atoms with van der Waals surface area (Å²) in [6.07, 6.45) is 0. The highest BCUT2D eigenvalue weighted by molar-refractivity contribution is 6.31. The molecule has 1 N–H and O–H groups in total. The quantitative estimate of drug-likeness (QED) is 0.604. The standard InChI is InChI=1S/C12H7ClN2O/c13-7-5-10-12(11(16)6-7)15-9-4-2-1-3-8(9)14-10/h1-6,16H. The first-order chi connectivity index (χ1) is 7.74. The highest BCUT2D eigenvalue weighted by Crippen LogP contribution is 2.27. The Labute approximate surface area is 96.3 Å². The number of para-hydroxylation sites is 2. The number of hydrogen-bond donors (Lipinski definition) is 1. The molecule has 0 saturated carbocycles. The zero-order chi connectivity index (χ0) is 11.1. The van der Waals surface area contributed by atoms with E-state index in [0.29, 0.717) is 16.1 Å². The van der Waals surface area contributed by atoms with E-state index in [1.54, 1.807) is 6.07 Å². The molecule has 4 heteroatoms. The lowest BCUT2D eigenvalue weighted by Gasteiger charge is -2.03. The van der Waals surface area contributed by atoms with E-state index in [1.165, 1.54) is 6.07 Å². The monoisotopic (exact) mass is 230 g/mol. The highest BCUT2D eigenvalue weighted by atomic mass is 35.5. The van der Waals surface area contributed by atoms with Gasteiger partial charge in [-0.05, 0) is 18.2 Å². The van der Waals surface area contributed by atoms with Crippen molar-refractivity contribution in [1.29, 1.82) is 0 Å². The fourth-order valence-corrected chi connectivity index (χ4v) is 1.88. The molecule has 1 aromatic heterocycles. The topological polar surface area (TPSA) is 46.0 Å². The largest absolute Gasteiger partial charge is 0.506 e. The van der Waals surface area contributed by atoms with Gasteiger partial charge >= 0.3 is 0 Å². The maximum atomic E-state index is 9.72. The van der Waals surface area contributed by atoms with Crippen molar-refractivity contribution < 1.29 is 5.11 Å². The number of hydrogen-bond acceptors (Lipinski definition) is 3. The van der Waals surface area contributed by atoms with E-state index >= 15 is 0 Å². The van der Waals surface area contributed by atoms with Gasteiger partial charge in [0.1, 0.15) is 11.3 Å². The van der Waals surface area contributed by atoms with E-state index < -0.39 is 0 Å². The first kappa shape index (κ1) is 9.36. The number of aromatic nitrogens is 2. The van der Waals surface area contributed by atoms with Crippen LogP contribution in [0.5, 0.6) is 5.75 Å². The third-order valence-corrected chi connectivity index (χ3v) is 2.61. The Morgan fingerprint density at radius 3 is 2.38 bits per heavy atom. The van der Waals surface area contributed by atoms with Gasteiger partial charge in [0, 0.05) is 11.1 Å². The van der Waals surface area contributed by atoms with E-state index in [0.717, 1.165) is 11.0 Å². The summed E-state index contributed by atoms with van der Waals surface area (Å²) in [6, 6.07) is 10.7. The Morgan fingerprint density at radius 1 is 0.938 bits per heavy atom. The average molecular weight is 231 g/mol. The summed E-state index contributed by atoms with van der Waals surface area (Å²) in [5, 5.41) is 10.2. The summed E-state index contributed by atoms with van der Waals surface area (Å²) in [5.41, 5.74) is 2.62. The van der Waals surface area contributed by atoms with Crippen LogP contribution in [0.25, 0.3) is 22.1 Å². The van der Waals surface area contributed by atoms with Gasteiger partial charge in [-0.2, -0.15) is 0 Å².